The number of likely N-dealkylation sites (tertiary alicyclic amines) is 1. The molecule has 0 saturated carbocycles. The van der Waals surface area contributed by atoms with Crippen LogP contribution in [0.1, 0.15) is 45.0 Å². The Morgan fingerprint density at radius 1 is 1.30 bits per heavy atom. The summed E-state index contributed by atoms with van der Waals surface area (Å²) in [7, 11) is 0. The highest BCUT2D eigenvalue weighted by Crippen LogP contribution is 2.31. The minimum Gasteiger partial charge on any atom is -0.337 e. The van der Waals surface area contributed by atoms with Crippen LogP contribution in [0.3, 0.4) is 0 Å². The van der Waals surface area contributed by atoms with Crippen molar-refractivity contribution >= 4 is 6.03 Å². The van der Waals surface area contributed by atoms with Crippen molar-refractivity contribution in [2.45, 2.75) is 45.2 Å². The lowest BCUT2D eigenvalue weighted by Crippen LogP contribution is -2.46. The summed E-state index contributed by atoms with van der Waals surface area (Å²) >= 11 is 0. The number of hydrogen-bond acceptors (Lipinski definition) is 4. The molecular weight excluding hydrogens is 292 g/mol. The summed E-state index contributed by atoms with van der Waals surface area (Å²) in [6, 6.07) is 9.60. The molecule has 3 rings (SSSR count). The summed E-state index contributed by atoms with van der Waals surface area (Å²) in [5.41, 5.74) is 0.913. The Bertz CT molecular complexity index is 654. The molecule has 1 aromatic carbocycles. The Morgan fingerprint density at radius 3 is 2.83 bits per heavy atom. The van der Waals surface area contributed by atoms with Gasteiger partial charge in [-0.15, -0.1) is 0 Å². The SMILES string of the molecule is CC(C)NC(=O)N1CCCCC1c1nc(-c2ccccc2)no1. The Hall–Kier alpha value is -2.37. The number of amides is 2. The molecule has 6 nitrogen and oxygen atoms in total. The average molecular weight is 314 g/mol. The second-order valence-electron chi connectivity index (χ2n) is 6.13. The van der Waals surface area contributed by atoms with Crippen LogP contribution in [0.2, 0.25) is 0 Å². The second kappa shape index (κ2) is 6.81. The van der Waals surface area contributed by atoms with Gasteiger partial charge in [-0.05, 0) is 33.1 Å². The van der Waals surface area contributed by atoms with Gasteiger partial charge in [-0.25, -0.2) is 4.79 Å². The van der Waals surface area contributed by atoms with Gasteiger partial charge in [-0.1, -0.05) is 35.5 Å². The molecule has 1 saturated heterocycles. The van der Waals surface area contributed by atoms with Crippen molar-refractivity contribution in [3.63, 3.8) is 0 Å². The zero-order chi connectivity index (χ0) is 16.2. The molecular formula is C17H22N4O2. The number of benzene rings is 1. The molecule has 0 spiro atoms. The third kappa shape index (κ3) is 3.52. The Balaban J connectivity index is 1.81. The highest BCUT2D eigenvalue weighted by molar-refractivity contribution is 5.75. The quantitative estimate of drug-likeness (QED) is 0.942. The van der Waals surface area contributed by atoms with E-state index in [0.717, 1.165) is 24.8 Å². The van der Waals surface area contributed by atoms with Crippen LogP contribution in [0.4, 0.5) is 4.79 Å². The van der Waals surface area contributed by atoms with Gasteiger partial charge in [0.15, 0.2) is 0 Å². The average Bonchev–Trinajstić information content (AvgIpc) is 3.05. The van der Waals surface area contributed by atoms with Gasteiger partial charge in [-0.2, -0.15) is 4.98 Å². The van der Waals surface area contributed by atoms with Crippen molar-refractivity contribution in [1.82, 2.24) is 20.4 Å². The van der Waals surface area contributed by atoms with Gasteiger partial charge in [0.05, 0.1) is 0 Å². The van der Waals surface area contributed by atoms with Gasteiger partial charge in [-0.3, -0.25) is 0 Å². The minimum atomic E-state index is -0.146. The van der Waals surface area contributed by atoms with Gasteiger partial charge >= 0.3 is 6.03 Å². The fourth-order valence-corrected chi connectivity index (χ4v) is 2.84. The molecule has 1 unspecified atom stereocenters. The third-order valence-corrected chi connectivity index (χ3v) is 3.93. The van der Waals surface area contributed by atoms with Crippen molar-refractivity contribution in [3.8, 4) is 11.4 Å². The molecule has 1 aromatic heterocycles. The topological polar surface area (TPSA) is 71.3 Å². The summed E-state index contributed by atoms with van der Waals surface area (Å²) in [6.07, 6.45) is 2.91. The number of aromatic nitrogens is 2. The molecule has 1 aliphatic heterocycles. The number of nitrogens with zero attached hydrogens (tertiary/aromatic N) is 3. The normalized spacial score (nSPS) is 18.2. The van der Waals surface area contributed by atoms with Crippen LogP contribution < -0.4 is 5.32 Å². The second-order valence-corrected chi connectivity index (χ2v) is 6.13. The lowest BCUT2D eigenvalue weighted by Gasteiger charge is -2.33. The minimum absolute atomic E-state index is 0.0656. The third-order valence-electron chi connectivity index (χ3n) is 3.93. The lowest BCUT2D eigenvalue weighted by molar-refractivity contribution is 0.130. The highest BCUT2D eigenvalue weighted by Gasteiger charge is 2.32. The smallest absolute Gasteiger partial charge is 0.318 e. The highest BCUT2D eigenvalue weighted by atomic mass is 16.5. The van der Waals surface area contributed by atoms with Gasteiger partial charge in [0.2, 0.25) is 11.7 Å². The maximum Gasteiger partial charge on any atom is 0.318 e. The van der Waals surface area contributed by atoms with Crippen molar-refractivity contribution in [2.75, 3.05) is 6.54 Å². The first kappa shape index (κ1) is 15.5. The summed E-state index contributed by atoms with van der Waals surface area (Å²) in [4.78, 5) is 18.7. The largest absolute Gasteiger partial charge is 0.337 e. The van der Waals surface area contributed by atoms with E-state index in [0.29, 0.717) is 18.3 Å². The maximum absolute atomic E-state index is 12.4. The summed E-state index contributed by atoms with van der Waals surface area (Å²) in [6.45, 7) is 4.63. The monoisotopic (exact) mass is 314 g/mol. The fraction of sp³-hybridized carbons (Fsp3) is 0.471. The first-order chi connectivity index (χ1) is 11.1. The van der Waals surface area contributed by atoms with Crippen molar-refractivity contribution < 1.29 is 9.32 Å². The molecule has 0 radical (unpaired) electrons. The Kier molecular flexibility index (Phi) is 4.60. The number of piperidine rings is 1. The van der Waals surface area contributed by atoms with E-state index in [4.69, 9.17) is 4.52 Å². The molecule has 2 amide bonds. The molecule has 1 fully saturated rings. The Labute approximate surface area is 135 Å². The van der Waals surface area contributed by atoms with E-state index >= 15 is 0 Å². The summed E-state index contributed by atoms with van der Waals surface area (Å²) < 4.78 is 5.46. The molecule has 2 aromatic rings. The molecule has 6 heteroatoms. The Morgan fingerprint density at radius 2 is 2.09 bits per heavy atom. The molecule has 2 heterocycles. The number of urea groups is 1. The number of carbonyl (C=O) groups excluding carboxylic acids is 1. The van der Waals surface area contributed by atoms with Crippen molar-refractivity contribution in [1.29, 1.82) is 0 Å². The maximum atomic E-state index is 12.4. The van der Waals surface area contributed by atoms with E-state index in [2.05, 4.69) is 15.5 Å². The predicted octanol–water partition coefficient (Wildman–Crippen LogP) is 3.38. The van der Waals surface area contributed by atoms with E-state index in [-0.39, 0.29) is 18.1 Å². The molecule has 1 aliphatic rings. The molecule has 0 bridgehead atoms. The van der Waals surface area contributed by atoms with Crippen molar-refractivity contribution in [3.05, 3.63) is 36.2 Å². The summed E-state index contributed by atoms with van der Waals surface area (Å²) in [5.74, 6) is 1.08. The molecule has 122 valence electrons. The van der Waals surface area contributed by atoms with E-state index in [1.165, 1.54) is 0 Å². The van der Waals surface area contributed by atoms with Crippen LogP contribution in [0.5, 0.6) is 0 Å². The number of nitrogens with one attached hydrogen (secondary N) is 1. The standard InChI is InChI=1S/C17H22N4O2/c1-12(2)18-17(22)21-11-7-6-10-14(21)16-19-15(20-23-16)13-8-4-3-5-9-13/h3-5,8-9,12,14H,6-7,10-11H2,1-2H3,(H,18,22). The molecule has 1 atom stereocenters. The van der Waals surface area contributed by atoms with E-state index in [9.17, 15) is 4.79 Å². The zero-order valence-electron chi connectivity index (χ0n) is 13.5. The van der Waals surface area contributed by atoms with E-state index in [1.807, 2.05) is 49.1 Å². The van der Waals surface area contributed by atoms with Crippen LogP contribution in [0, 0.1) is 0 Å². The van der Waals surface area contributed by atoms with Crippen LogP contribution >= 0.6 is 0 Å². The van der Waals surface area contributed by atoms with Crippen LogP contribution in [-0.2, 0) is 0 Å². The van der Waals surface area contributed by atoms with Crippen LogP contribution in [-0.4, -0.2) is 33.7 Å². The van der Waals surface area contributed by atoms with Gasteiger partial charge in [0.25, 0.3) is 0 Å². The lowest BCUT2D eigenvalue weighted by atomic mass is 10.0. The molecule has 23 heavy (non-hydrogen) atoms. The zero-order valence-corrected chi connectivity index (χ0v) is 13.5. The predicted molar refractivity (Wildman–Crippen MR) is 86.7 cm³/mol. The summed E-state index contributed by atoms with van der Waals surface area (Å²) in [5, 5.41) is 7.02. The first-order valence-corrected chi connectivity index (χ1v) is 8.11. The van der Waals surface area contributed by atoms with Gasteiger partial charge in [0, 0.05) is 18.2 Å². The fourth-order valence-electron chi connectivity index (χ4n) is 2.84. The van der Waals surface area contributed by atoms with Crippen LogP contribution in [0.25, 0.3) is 11.4 Å². The molecule has 1 N–H and O–H groups in total. The van der Waals surface area contributed by atoms with Crippen molar-refractivity contribution in [2.24, 2.45) is 0 Å². The number of carbonyl (C=O) groups is 1. The van der Waals surface area contributed by atoms with E-state index in [1.54, 1.807) is 0 Å². The number of hydrogen-bond donors (Lipinski definition) is 1. The first-order valence-electron chi connectivity index (χ1n) is 8.11. The molecule has 0 aliphatic carbocycles. The number of rotatable bonds is 3. The van der Waals surface area contributed by atoms with Gasteiger partial charge < -0.3 is 14.7 Å². The van der Waals surface area contributed by atoms with Crippen LogP contribution in [0.15, 0.2) is 34.9 Å². The van der Waals surface area contributed by atoms with E-state index < -0.39 is 0 Å². The van der Waals surface area contributed by atoms with Gasteiger partial charge in [0.1, 0.15) is 6.04 Å².